The second kappa shape index (κ2) is 5.10. The molecule has 0 radical (unpaired) electrons. The Hall–Kier alpha value is -2.00. The second-order valence-corrected chi connectivity index (χ2v) is 4.37. The number of hydrogen-bond acceptors (Lipinski definition) is 2. The minimum atomic E-state index is -0.143. The van der Waals surface area contributed by atoms with Crippen molar-refractivity contribution >= 4 is 28.9 Å². The summed E-state index contributed by atoms with van der Waals surface area (Å²) in [5.41, 5.74) is 7.63. The van der Waals surface area contributed by atoms with Crippen LogP contribution in [0.5, 0.6) is 0 Å². The van der Waals surface area contributed by atoms with Gasteiger partial charge in [0, 0.05) is 17.6 Å². The summed E-state index contributed by atoms with van der Waals surface area (Å²) in [6, 6.07) is 14.1. The van der Waals surface area contributed by atoms with Crippen molar-refractivity contribution in [2.75, 3.05) is 17.7 Å². The van der Waals surface area contributed by atoms with E-state index in [2.05, 4.69) is 0 Å². The maximum atomic E-state index is 12.3. The van der Waals surface area contributed by atoms with Gasteiger partial charge in [-0.25, -0.2) is 0 Å². The van der Waals surface area contributed by atoms with Gasteiger partial charge in [-0.05, 0) is 30.3 Å². The van der Waals surface area contributed by atoms with Crippen LogP contribution in [-0.4, -0.2) is 13.0 Å². The highest BCUT2D eigenvalue weighted by Crippen LogP contribution is 2.23. The number of carbonyl (C=O) groups excluding carboxylic acids is 1. The number of carbonyl (C=O) groups is 1. The average Bonchev–Trinajstić information content (AvgIpc) is 2.37. The Bertz CT molecular complexity index is 584. The lowest BCUT2D eigenvalue weighted by Crippen LogP contribution is -2.26. The Morgan fingerprint density at radius 3 is 2.56 bits per heavy atom. The van der Waals surface area contributed by atoms with E-state index in [0.29, 0.717) is 22.0 Å². The largest absolute Gasteiger partial charge is 0.397 e. The Morgan fingerprint density at radius 2 is 1.89 bits per heavy atom. The summed E-state index contributed by atoms with van der Waals surface area (Å²) < 4.78 is 0. The van der Waals surface area contributed by atoms with Gasteiger partial charge < -0.3 is 10.6 Å². The molecule has 0 atom stereocenters. The molecule has 2 aromatic carbocycles. The third-order valence-corrected chi connectivity index (χ3v) is 2.91. The number of nitrogens with two attached hydrogens (primary N) is 1. The van der Waals surface area contributed by atoms with E-state index in [4.69, 9.17) is 17.3 Å². The van der Waals surface area contributed by atoms with Crippen LogP contribution in [0.4, 0.5) is 11.4 Å². The van der Waals surface area contributed by atoms with Crippen molar-refractivity contribution in [1.29, 1.82) is 0 Å². The van der Waals surface area contributed by atoms with E-state index >= 15 is 0 Å². The van der Waals surface area contributed by atoms with Crippen LogP contribution in [0.3, 0.4) is 0 Å². The minimum absolute atomic E-state index is 0.143. The first kappa shape index (κ1) is 12.5. The summed E-state index contributed by atoms with van der Waals surface area (Å²) in [7, 11) is 1.69. The van der Waals surface area contributed by atoms with Gasteiger partial charge in [0.1, 0.15) is 0 Å². The van der Waals surface area contributed by atoms with Crippen molar-refractivity contribution in [2.24, 2.45) is 0 Å². The summed E-state index contributed by atoms with van der Waals surface area (Å²) in [6.07, 6.45) is 0. The number of nitrogens with zero attached hydrogens (tertiary/aromatic N) is 1. The summed E-state index contributed by atoms with van der Waals surface area (Å²) >= 11 is 5.88. The first-order chi connectivity index (χ1) is 8.59. The van der Waals surface area contributed by atoms with Gasteiger partial charge in [-0.2, -0.15) is 0 Å². The zero-order valence-electron chi connectivity index (χ0n) is 9.93. The topological polar surface area (TPSA) is 46.3 Å². The van der Waals surface area contributed by atoms with Gasteiger partial charge in [0.15, 0.2) is 0 Å². The van der Waals surface area contributed by atoms with Crippen molar-refractivity contribution in [1.82, 2.24) is 0 Å². The second-order valence-electron chi connectivity index (χ2n) is 3.93. The summed E-state index contributed by atoms with van der Waals surface area (Å²) in [6.45, 7) is 0. The van der Waals surface area contributed by atoms with Crippen LogP contribution >= 0.6 is 11.6 Å². The van der Waals surface area contributed by atoms with Crippen molar-refractivity contribution in [2.45, 2.75) is 0 Å². The van der Waals surface area contributed by atoms with Gasteiger partial charge in [0.25, 0.3) is 5.91 Å². The van der Waals surface area contributed by atoms with Gasteiger partial charge in [-0.3, -0.25) is 4.79 Å². The molecule has 92 valence electrons. The highest BCUT2D eigenvalue weighted by Gasteiger charge is 2.15. The molecule has 0 heterocycles. The fraction of sp³-hybridized carbons (Fsp3) is 0.0714. The zero-order valence-corrected chi connectivity index (χ0v) is 10.7. The van der Waals surface area contributed by atoms with E-state index < -0.39 is 0 Å². The van der Waals surface area contributed by atoms with Crippen molar-refractivity contribution in [3.63, 3.8) is 0 Å². The average molecular weight is 261 g/mol. The molecule has 0 spiro atoms. The van der Waals surface area contributed by atoms with Gasteiger partial charge in [0.05, 0.1) is 11.4 Å². The zero-order chi connectivity index (χ0) is 13.1. The summed E-state index contributed by atoms with van der Waals surface area (Å²) in [5, 5.41) is 0.537. The van der Waals surface area contributed by atoms with Crippen molar-refractivity contribution < 1.29 is 4.79 Å². The third-order valence-electron chi connectivity index (χ3n) is 2.67. The van der Waals surface area contributed by atoms with Crippen LogP contribution in [0, 0.1) is 0 Å². The van der Waals surface area contributed by atoms with Gasteiger partial charge >= 0.3 is 0 Å². The summed E-state index contributed by atoms with van der Waals surface area (Å²) in [5.74, 6) is -0.143. The number of halogens is 1. The smallest absolute Gasteiger partial charge is 0.258 e. The molecule has 0 unspecified atom stereocenters. The van der Waals surface area contributed by atoms with E-state index in [9.17, 15) is 4.79 Å². The molecule has 0 bridgehead atoms. The first-order valence-electron chi connectivity index (χ1n) is 5.47. The fourth-order valence-corrected chi connectivity index (χ4v) is 1.91. The van der Waals surface area contributed by atoms with Crippen LogP contribution in [0.1, 0.15) is 10.4 Å². The van der Waals surface area contributed by atoms with Gasteiger partial charge in [-0.1, -0.05) is 29.8 Å². The summed E-state index contributed by atoms with van der Waals surface area (Å²) in [4.78, 5) is 13.8. The fourth-order valence-electron chi connectivity index (χ4n) is 1.72. The maximum absolute atomic E-state index is 12.3. The molecule has 0 fully saturated rings. The number of nitrogen functional groups attached to an aromatic ring is 1. The lowest BCUT2D eigenvalue weighted by atomic mass is 10.2. The number of anilines is 2. The van der Waals surface area contributed by atoms with Gasteiger partial charge in [-0.15, -0.1) is 0 Å². The number of amides is 1. The highest BCUT2D eigenvalue weighted by molar-refractivity contribution is 6.31. The molecule has 1 amide bonds. The van der Waals surface area contributed by atoms with E-state index in [1.54, 1.807) is 43.4 Å². The molecule has 18 heavy (non-hydrogen) atoms. The minimum Gasteiger partial charge on any atom is -0.397 e. The molecule has 3 nitrogen and oxygen atoms in total. The number of rotatable bonds is 2. The molecule has 0 saturated carbocycles. The Kier molecular flexibility index (Phi) is 3.53. The van der Waals surface area contributed by atoms with E-state index in [-0.39, 0.29) is 5.91 Å². The normalized spacial score (nSPS) is 10.1. The third kappa shape index (κ3) is 2.46. The standard InChI is InChI=1S/C14H13ClN2O/c1-17(13-8-3-2-7-12(13)16)14(18)10-5-4-6-11(15)9-10/h2-9H,16H2,1H3. The van der Waals surface area contributed by atoms with Gasteiger partial charge in [0.2, 0.25) is 0 Å². The molecule has 0 aliphatic heterocycles. The molecule has 2 aromatic rings. The van der Waals surface area contributed by atoms with Crippen LogP contribution in [-0.2, 0) is 0 Å². The molecule has 4 heteroatoms. The predicted octanol–water partition coefficient (Wildman–Crippen LogP) is 3.20. The Morgan fingerprint density at radius 1 is 1.17 bits per heavy atom. The van der Waals surface area contributed by atoms with Crippen LogP contribution in [0.25, 0.3) is 0 Å². The molecular weight excluding hydrogens is 248 g/mol. The predicted molar refractivity (Wildman–Crippen MR) is 75.0 cm³/mol. The van der Waals surface area contributed by atoms with E-state index in [1.807, 2.05) is 12.1 Å². The maximum Gasteiger partial charge on any atom is 0.258 e. The molecule has 0 aliphatic rings. The van der Waals surface area contributed by atoms with E-state index in [1.165, 1.54) is 4.90 Å². The first-order valence-corrected chi connectivity index (χ1v) is 5.85. The Labute approximate surface area is 111 Å². The monoisotopic (exact) mass is 260 g/mol. The van der Waals surface area contributed by atoms with Crippen molar-refractivity contribution in [3.05, 3.63) is 59.1 Å². The number of para-hydroxylation sites is 2. The molecule has 2 N–H and O–H groups in total. The number of benzene rings is 2. The molecule has 0 aromatic heterocycles. The van der Waals surface area contributed by atoms with Crippen LogP contribution < -0.4 is 10.6 Å². The lowest BCUT2D eigenvalue weighted by molar-refractivity contribution is 0.0993. The van der Waals surface area contributed by atoms with Crippen LogP contribution in [0.2, 0.25) is 5.02 Å². The Balaban J connectivity index is 2.32. The van der Waals surface area contributed by atoms with E-state index in [0.717, 1.165) is 0 Å². The molecule has 2 rings (SSSR count). The van der Waals surface area contributed by atoms with Crippen molar-refractivity contribution in [3.8, 4) is 0 Å². The highest BCUT2D eigenvalue weighted by atomic mass is 35.5. The molecule has 0 saturated heterocycles. The van der Waals surface area contributed by atoms with Crippen LogP contribution in [0.15, 0.2) is 48.5 Å². The lowest BCUT2D eigenvalue weighted by Gasteiger charge is -2.19. The number of hydrogen-bond donors (Lipinski definition) is 1. The molecular formula is C14H13ClN2O. The molecule has 0 aliphatic carbocycles. The SMILES string of the molecule is CN(C(=O)c1cccc(Cl)c1)c1ccccc1N. The quantitative estimate of drug-likeness (QED) is 0.843.